The Labute approximate surface area is 108 Å². The van der Waals surface area contributed by atoms with E-state index < -0.39 is 0 Å². The quantitative estimate of drug-likeness (QED) is 0.878. The second-order valence-electron chi connectivity index (χ2n) is 5.21. The lowest BCUT2D eigenvalue weighted by atomic mass is 9.93. The zero-order valence-electron chi connectivity index (χ0n) is 10.7. The van der Waals surface area contributed by atoms with Crippen molar-refractivity contribution in [3.05, 3.63) is 48.3 Å². The van der Waals surface area contributed by atoms with Gasteiger partial charge in [-0.2, -0.15) is 5.10 Å². The minimum absolute atomic E-state index is 0.328. The number of benzene rings is 1. The van der Waals surface area contributed by atoms with Crippen molar-refractivity contribution in [3.63, 3.8) is 0 Å². The van der Waals surface area contributed by atoms with E-state index in [0.717, 1.165) is 12.1 Å². The number of hydrogen-bond donors (Lipinski definition) is 1. The lowest BCUT2D eigenvalue weighted by molar-refractivity contribution is 0.465. The van der Waals surface area contributed by atoms with Gasteiger partial charge in [0.25, 0.3) is 0 Å². The molecule has 1 saturated carbocycles. The summed E-state index contributed by atoms with van der Waals surface area (Å²) >= 11 is 0. The van der Waals surface area contributed by atoms with Crippen LogP contribution in [0.15, 0.2) is 42.6 Å². The van der Waals surface area contributed by atoms with E-state index in [0.29, 0.717) is 17.9 Å². The van der Waals surface area contributed by atoms with Crippen LogP contribution >= 0.6 is 0 Å². The van der Waals surface area contributed by atoms with Gasteiger partial charge in [-0.3, -0.25) is 0 Å². The molecule has 1 aromatic heterocycles. The highest BCUT2D eigenvalue weighted by molar-refractivity contribution is 5.33. The van der Waals surface area contributed by atoms with Crippen molar-refractivity contribution in [1.29, 1.82) is 0 Å². The highest BCUT2D eigenvalue weighted by Crippen LogP contribution is 2.39. The van der Waals surface area contributed by atoms with Gasteiger partial charge in [-0.15, -0.1) is 0 Å². The van der Waals surface area contributed by atoms with Crippen LogP contribution < -0.4 is 5.73 Å². The Balaban J connectivity index is 1.98. The standard InChI is InChI=1S/C15H19N3/c1-11-13(7-8-14(11)16)15-9-10-17-18(15)12-5-3-2-4-6-12/h2-6,9-11,13-14H,7-8,16H2,1H3. The number of aromatic nitrogens is 2. The van der Waals surface area contributed by atoms with Gasteiger partial charge in [-0.1, -0.05) is 25.1 Å². The Bertz CT molecular complexity index is 518. The van der Waals surface area contributed by atoms with E-state index >= 15 is 0 Å². The second kappa shape index (κ2) is 4.58. The zero-order chi connectivity index (χ0) is 12.5. The molecular weight excluding hydrogens is 222 g/mol. The molecule has 2 N–H and O–H groups in total. The molecule has 3 rings (SSSR count). The van der Waals surface area contributed by atoms with Gasteiger partial charge in [-0.05, 0) is 37.0 Å². The van der Waals surface area contributed by atoms with Crippen LogP contribution in [0, 0.1) is 5.92 Å². The number of nitrogens with two attached hydrogens (primary N) is 1. The molecule has 1 aliphatic carbocycles. The van der Waals surface area contributed by atoms with Crippen LogP contribution in [0.3, 0.4) is 0 Å². The van der Waals surface area contributed by atoms with Crippen molar-refractivity contribution in [1.82, 2.24) is 9.78 Å². The summed E-state index contributed by atoms with van der Waals surface area (Å²) in [5, 5.41) is 4.47. The summed E-state index contributed by atoms with van der Waals surface area (Å²) < 4.78 is 2.05. The van der Waals surface area contributed by atoms with Gasteiger partial charge in [0.2, 0.25) is 0 Å². The summed E-state index contributed by atoms with van der Waals surface area (Å²) in [6.45, 7) is 2.25. The van der Waals surface area contributed by atoms with E-state index in [9.17, 15) is 0 Å². The van der Waals surface area contributed by atoms with E-state index in [1.54, 1.807) is 0 Å². The predicted octanol–water partition coefficient (Wildman–Crippen LogP) is 2.71. The molecule has 3 nitrogen and oxygen atoms in total. The Morgan fingerprint density at radius 1 is 1.17 bits per heavy atom. The first-order chi connectivity index (χ1) is 8.77. The topological polar surface area (TPSA) is 43.8 Å². The van der Waals surface area contributed by atoms with Gasteiger partial charge in [0.15, 0.2) is 0 Å². The Kier molecular flexibility index (Phi) is 2.92. The average molecular weight is 241 g/mol. The third-order valence-electron chi connectivity index (χ3n) is 4.17. The highest BCUT2D eigenvalue weighted by atomic mass is 15.3. The fourth-order valence-electron chi connectivity index (χ4n) is 2.99. The second-order valence-corrected chi connectivity index (χ2v) is 5.21. The van der Waals surface area contributed by atoms with Gasteiger partial charge < -0.3 is 5.73 Å². The summed E-state index contributed by atoms with van der Waals surface area (Å²) in [6.07, 6.45) is 4.17. The largest absolute Gasteiger partial charge is 0.327 e. The SMILES string of the molecule is CC1C(N)CCC1c1ccnn1-c1ccccc1. The van der Waals surface area contributed by atoms with Crippen molar-refractivity contribution < 1.29 is 0 Å². The molecule has 0 spiro atoms. The molecule has 1 aromatic carbocycles. The maximum Gasteiger partial charge on any atom is 0.0648 e. The molecule has 94 valence electrons. The Morgan fingerprint density at radius 3 is 2.61 bits per heavy atom. The molecule has 0 radical (unpaired) electrons. The summed E-state index contributed by atoms with van der Waals surface area (Å²) in [5.41, 5.74) is 8.56. The van der Waals surface area contributed by atoms with E-state index in [4.69, 9.17) is 5.73 Å². The molecule has 0 amide bonds. The summed E-state index contributed by atoms with van der Waals surface area (Å²) in [6, 6.07) is 12.8. The van der Waals surface area contributed by atoms with Gasteiger partial charge >= 0.3 is 0 Å². The normalized spacial score (nSPS) is 27.6. The van der Waals surface area contributed by atoms with E-state index in [1.807, 2.05) is 24.4 Å². The van der Waals surface area contributed by atoms with Crippen LogP contribution in [0.5, 0.6) is 0 Å². The molecule has 18 heavy (non-hydrogen) atoms. The summed E-state index contributed by atoms with van der Waals surface area (Å²) in [5.74, 6) is 1.06. The first kappa shape index (κ1) is 11.5. The van der Waals surface area contributed by atoms with Crippen LogP contribution in [-0.2, 0) is 0 Å². The van der Waals surface area contributed by atoms with Crippen molar-refractivity contribution in [2.45, 2.75) is 31.7 Å². The number of rotatable bonds is 2. The maximum atomic E-state index is 6.13. The van der Waals surface area contributed by atoms with Gasteiger partial charge in [0, 0.05) is 23.9 Å². The minimum Gasteiger partial charge on any atom is -0.327 e. The number of para-hydroxylation sites is 1. The minimum atomic E-state index is 0.328. The first-order valence-corrected chi connectivity index (χ1v) is 6.62. The molecule has 3 atom stereocenters. The molecule has 1 aliphatic rings. The van der Waals surface area contributed by atoms with E-state index in [1.165, 1.54) is 12.1 Å². The molecule has 1 heterocycles. The maximum absolute atomic E-state index is 6.13. The molecule has 0 bridgehead atoms. The number of nitrogens with zero attached hydrogens (tertiary/aromatic N) is 2. The monoisotopic (exact) mass is 241 g/mol. The zero-order valence-corrected chi connectivity index (χ0v) is 10.7. The third kappa shape index (κ3) is 1.85. The summed E-state index contributed by atoms with van der Waals surface area (Å²) in [4.78, 5) is 0. The Morgan fingerprint density at radius 2 is 1.94 bits per heavy atom. The predicted molar refractivity (Wildman–Crippen MR) is 72.7 cm³/mol. The van der Waals surface area contributed by atoms with Crippen molar-refractivity contribution in [2.75, 3.05) is 0 Å². The lowest BCUT2D eigenvalue weighted by Crippen LogP contribution is -2.25. The molecule has 0 saturated heterocycles. The van der Waals surface area contributed by atoms with Crippen molar-refractivity contribution in [2.24, 2.45) is 11.7 Å². The fourth-order valence-corrected chi connectivity index (χ4v) is 2.99. The lowest BCUT2D eigenvalue weighted by Gasteiger charge is -2.19. The summed E-state index contributed by atoms with van der Waals surface area (Å²) in [7, 11) is 0. The smallest absolute Gasteiger partial charge is 0.0648 e. The van der Waals surface area contributed by atoms with Crippen molar-refractivity contribution >= 4 is 0 Å². The van der Waals surface area contributed by atoms with Crippen LogP contribution in [0.2, 0.25) is 0 Å². The molecule has 3 unspecified atom stereocenters. The van der Waals surface area contributed by atoms with E-state index in [2.05, 4.69) is 34.9 Å². The first-order valence-electron chi connectivity index (χ1n) is 6.62. The van der Waals surface area contributed by atoms with E-state index in [-0.39, 0.29) is 0 Å². The van der Waals surface area contributed by atoms with Crippen molar-refractivity contribution in [3.8, 4) is 5.69 Å². The number of hydrogen-bond acceptors (Lipinski definition) is 2. The van der Waals surface area contributed by atoms with Crippen LogP contribution in [-0.4, -0.2) is 15.8 Å². The molecule has 2 aromatic rings. The molecular formula is C15H19N3. The molecule has 1 fully saturated rings. The van der Waals surface area contributed by atoms with Gasteiger partial charge in [-0.25, -0.2) is 4.68 Å². The van der Waals surface area contributed by atoms with Crippen LogP contribution in [0.25, 0.3) is 5.69 Å². The molecule has 0 aliphatic heterocycles. The average Bonchev–Trinajstić information content (AvgIpc) is 2.99. The highest BCUT2D eigenvalue weighted by Gasteiger charge is 2.33. The third-order valence-corrected chi connectivity index (χ3v) is 4.17. The molecule has 3 heteroatoms. The fraction of sp³-hybridized carbons (Fsp3) is 0.400. The Hall–Kier alpha value is -1.61. The van der Waals surface area contributed by atoms with Gasteiger partial charge in [0.05, 0.1) is 5.69 Å². The van der Waals surface area contributed by atoms with Crippen LogP contribution in [0.4, 0.5) is 0 Å². The van der Waals surface area contributed by atoms with Gasteiger partial charge in [0.1, 0.15) is 0 Å². The van der Waals surface area contributed by atoms with Crippen LogP contribution in [0.1, 0.15) is 31.4 Å².